The Bertz CT molecular complexity index is 1330. The normalized spacial score (nSPS) is 26.3. The van der Waals surface area contributed by atoms with E-state index in [2.05, 4.69) is 17.6 Å². The summed E-state index contributed by atoms with van der Waals surface area (Å²) in [5.41, 5.74) is 9.07. The van der Waals surface area contributed by atoms with Crippen LogP contribution in [-0.4, -0.2) is 40.9 Å². The van der Waals surface area contributed by atoms with Crippen LogP contribution in [0.25, 0.3) is 0 Å². The number of carbonyl (C=O) groups excluding carboxylic acids is 3. The van der Waals surface area contributed by atoms with Gasteiger partial charge in [0.1, 0.15) is 5.82 Å². The Kier molecular flexibility index (Phi) is 7.02. The summed E-state index contributed by atoms with van der Waals surface area (Å²) in [6, 6.07) is 10.5. The van der Waals surface area contributed by atoms with Gasteiger partial charge in [-0.15, -0.1) is 0 Å². The molecule has 4 aliphatic rings. The van der Waals surface area contributed by atoms with E-state index < -0.39 is 17.6 Å². The third kappa shape index (κ3) is 5.07. The van der Waals surface area contributed by atoms with Gasteiger partial charge in [0.15, 0.2) is 0 Å². The number of alkyl carbamates (subject to hydrolysis) is 1. The van der Waals surface area contributed by atoms with Gasteiger partial charge in [-0.2, -0.15) is 0 Å². The van der Waals surface area contributed by atoms with Crippen molar-refractivity contribution in [3.05, 3.63) is 64.5 Å². The van der Waals surface area contributed by atoms with Gasteiger partial charge >= 0.3 is 6.09 Å². The molecule has 0 bridgehead atoms. The van der Waals surface area contributed by atoms with Crippen molar-refractivity contribution >= 4 is 23.6 Å². The summed E-state index contributed by atoms with van der Waals surface area (Å²) in [6.07, 6.45) is 6.35. The van der Waals surface area contributed by atoms with Crippen LogP contribution in [0.4, 0.5) is 14.9 Å². The molecule has 4 unspecified atom stereocenters. The second-order valence-corrected chi connectivity index (χ2v) is 12.0. The number of nitrogens with zero attached hydrogens (tertiary/aromatic N) is 1. The molecule has 1 aliphatic heterocycles. The number of rotatable bonds is 8. The Morgan fingerprint density at radius 2 is 1.95 bits per heavy atom. The first kappa shape index (κ1) is 26.7. The maximum absolute atomic E-state index is 14.1. The van der Waals surface area contributed by atoms with Crippen LogP contribution in [0.1, 0.15) is 74.1 Å². The summed E-state index contributed by atoms with van der Waals surface area (Å²) < 4.78 is 19.1. The van der Waals surface area contributed by atoms with Gasteiger partial charge in [0.25, 0.3) is 5.91 Å². The van der Waals surface area contributed by atoms with Gasteiger partial charge in [-0.3, -0.25) is 14.9 Å². The lowest BCUT2D eigenvalue weighted by Crippen LogP contribution is -2.40. The molecule has 1 saturated heterocycles. The van der Waals surface area contributed by atoms with Crippen molar-refractivity contribution in [2.45, 2.75) is 95.0 Å². The smallest absolute Gasteiger partial charge is 0.415 e. The van der Waals surface area contributed by atoms with Crippen molar-refractivity contribution in [3.63, 3.8) is 0 Å². The number of imide groups is 1. The predicted molar refractivity (Wildman–Crippen MR) is 148 cm³/mol. The van der Waals surface area contributed by atoms with Crippen LogP contribution < -0.4 is 16.4 Å². The van der Waals surface area contributed by atoms with Crippen molar-refractivity contribution in [1.29, 1.82) is 0 Å². The fourth-order valence-electron chi connectivity index (χ4n) is 6.81. The molecule has 3 fully saturated rings. The van der Waals surface area contributed by atoms with Gasteiger partial charge in [-0.25, -0.2) is 9.18 Å². The van der Waals surface area contributed by atoms with Crippen molar-refractivity contribution in [2.24, 2.45) is 11.7 Å². The van der Waals surface area contributed by atoms with E-state index in [9.17, 15) is 18.8 Å². The lowest BCUT2D eigenvalue weighted by Gasteiger charge is -2.32. The molecule has 0 radical (unpaired) electrons. The minimum Gasteiger partial charge on any atom is -0.427 e. The maximum atomic E-state index is 14.1. The number of amides is 3. The molecule has 212 valence electrons. The van der Waals surface area contributed by atoms with Crippen LogP contribution in [0.2, 0.25) is 0 Å². The van der Waals surface area contributed by atoms with Gasteiger partial charge in [0, 0.05) is 42.3 Å². The van der Waals surface area contributed by atoms with E-state index in [1.165, 1.54) is 12.1 Å². The predicted octanol–water partition coefficient (Wildman–Crippen LogP) is 4.29. The Balaban J connectivity index is 1.34. The minimum absolute atomic E-state index is 0.0191. The maximum Gasteiger partial charge on any atom is 0.415 e. The number of hydrogen-bond acceptors (Lipinski definition) is 6. The summed E-state index contributed by atoms with van der Waals surface area (Å²) in [7, 11) is 0. The number of benzene rings is 2. The lowest BCUT2D eigenvalue weighted by atomic mass is 9.89. The van der Waals surface area contributed by atoms with E-state index in [1.807, 2.05) is 17.0 Å². The van der Waals surface area contributed by atoms with Crippen molar-refractivity contribution < 1.29 is 23.5 Å². The molecule has 2 aromatic rings. The van der Waals surface area contributed by atoms with Crippen LogP contribution in [0.3, 0.4) is 0 Å². The minimum atomic E-state index is -1.34. The number of carbonyl (C=O) groups is 3. The summed E-state index contributed by atoms with van der Waals surface area (Å²) in [5, 5.41) is 5.96. The fraction of sp³-hybridized carbons (Fsp3) is 0.516. The van der Waals surface area contributed by atoms with Gasteiger partial charge in [0.2, 0.25) is 11.5 Å². The van der Waals surface area contributed by atoms with Crippen LogP contribution >= 0.6 is 0 Å². The zero-order chi connectivity index (χ0) is 28.0. The quantitative estimate of drug-likeness (QED) is 0.454. The SMILES string of the molecule is CC(C1CC1)N(Cc1ccc(F)cc1)C(=O)Cc1c(NC2CCCC(N)C2)ccc2c1CCC21OC(=O)NC1=O. The number of fused-ring (bicyclic) bond motifs is 2. The van der Waals surface area contributed by atoms with Crippen molar-refractivity contribution in [3.8, 4) is 0 Å². The number of nitrogens with one attached hydrogen (secondary N) is 2. The molecule has 8 nitrogen and oxygen atoms in total. The van der Waals surface area contributed by atoms with Crippen molar-refractivity contribution in [2.75, 3.05) is 5.32 Å². The molecule has 1 heterocycles. The van der Waals surface area contributed by atoms with E-state index in [-0.39, 0.29) is 36.3 Å². The second-order valence-electron chi connectivity index (χ2n) is 12.0. The number of hydrogen-bond donors (Lipinski definition) is 3. The van der Waals surface area contributed by atoms with E-state index in [0.717, 1.165) is 60.9 Å². The topological polar surface area (TPSA) is 114 Å². The molecule has 4 N–H and O–H groups in total. The van der Waals surface area contributed by atoms with Crippen LogP contribution in [-0.2, 0) is 39.3 Å². The Labute approximate surface area is 233 Å². The van der Waals surface area contributed by atoms with E-state index in [0.29, 0.717) is 30.9 Å². The molecule has 4 atom stereocenters. The van der Waals surface area contributed by atoms with Gasteiger partial charge in [-0.05, 0) is 92.7 Å². The van der Waals surface area contributed by atoms with Gasteiger partial charge in [0.05, 0.1) is 6.42 Å². The van der Waals surface area contributed by atoms with E-state index in [1.54, 1.807) is 12.1 Å². The molecular weight excluding hydrogens is 511 g/mol. The first-order valence-electron chi connectivity index (χ1n) is 14.5. The summed E-state index contributed by atoms with van der Waals surface area (Å²) in [4.78, 5) is 40.9. The molecule has 2 saturated carbocycles. The zero-order valence-corrected chi connectivity index (χ0v) is 22.9. The lowest BCUT2D eigenvalue weighted by molar-refractivity contribution is -0.133. The molecule has 2 aromatic carbocycles. The average Bonchev–Trinajstić information content (AvgIpc) is 3.65. The highest BCUT2D eigenvalue weighted by Crippen LogP contribution is 2.46. The fourth-order valence-corrected chi connectivity index (χ4v) is 6.81. The van der Waals surface area contributed by atoms with Gasteiger partial charge < -0.3 is 20.7 Å². The first-order chi connectivity index (χ1) is 19.2. The third-order valence-corrected chi connectivity index (χ3v) is 9.23. The van der Waals surface area contributed by atoms with Crippen LogP contribution in [0.15, 0.2) is 36.4 Å². The molecule has 9 heteroatoms. The zero-order valence-electron chi connectivity index (χ0n) is 22.9. The Morgan fingerprint density at radius 3 is 2.62 bits per heavy atom. The summed E-state index contributed by atoms with van der Waals surface area (Å²) in [6.45, 7) is 2.49. The van der Waals surface area contributed by atoms with E-state index >= 15 is 0 Å². The molecule has 0 aromatic heterocycles. The number of halogens is 1. The van der Waals surface area contributed by atoms with E-state index in [4.69, 9.17) is 10.5 Å². The monoisotopic (exact) mass is 548 g/mol. The highest BCUT2D eigenvalue weighted by atomic mass is 19.1. The van der Waals surface area contributed by atoms with Gasteiger partial charge in [-0.1, -0.05) is 18.2 Å². The van der Waals surface area contributed by atoms with Crippen molar-refractivity contribution in [1.82, 2.24) is 10.2 Å². The summed E-state index contributed by atoms with van der Waals surface area (Å²) >= 11 is 0. The summed E-state index contributed by atoms with van der Waals surface area (Å²) in [5.74, 6) is -0.320. The Hall–Kier alpha value is -3.46. The molecule has 3 amide bonds. The molecule has 40 heavy (non-hydrogen) atoms. The first-order valence-corrected chi connectivity index (χ1v) is 14.5. The highest BCUT2D eigenvalue weighted by Gasteiger charge is 2.54. The number of ether oxygens (including phenoxy) is 1. The van der Waals surface area contributed by atoms with Crippen LogP contribution in [0, 0.1) is 11.7 Å². The average molecular weight is 549 g/mol. The molecule has 3 aliphatic carbocycles. The number of nitrogens with two attached hydrogens (primary N) is 1. The molecular formula is C31H37FN4O4. The largest absolute Gasteiger partial charge is 0.427 e. The highest BCUT2D eigenvalue weighted by molar-refractivity contribution is 6.04. The Morgan fingerprint density at radius 1 is 1.18 bits per heavy atom. The second kappa shape index (κ2) is 10.5. The third-order valence-electron chi connectivity index (χ3n) is 9.23. The molecule has 1 spiro atoms. The van der Waals surface area contributed by atoms with Crippen LogP contribution in [0.5, 0.6) is 0 Å². The number of anilines is 1. The standard InChI is InChI=1S/C31H37FN4O4/c1-18(20-7-8-20)36(17-19-5-9-21(32)10-6-19)28(37)16-25-24-13-14-31(29(38)35-30(39)40-31)26(24)11-12-27(25)34-23-4-2-3-22(33)15-23/h5-6,9-12,18,20,22-23,34H,2-4,7-8,13-17,33H2,1H3,(H,35,38,39). The molecule has 6 rings (SSSR count).